The minimum Gasteiger partial charge on any atom is -0.411 e. The van der Waals surface area contributed by atoms with Gasteiger partial charge >= 0.3 is 0 Å². The maximum Gasteiger partial charge on any atom is 0.192 e. The van der Waals surface area contributed by atoms with Crippen LogP contribution >= 0.6 is 22.6 Å². The first-order chi connectivity index (χ1) is 7.74. The molecule has 1 unspecified atom stereocenters. The molecule has 102 valence electrons. The number of rotatable bonds is 7. The van der Waals surface area contributed by atoms with E-state index in [1.54, 1.807) is 0 Å². The maximum atomic E-state index is 6.44. The van der Waals surface area contributed by atoms with Crippen LogP contribution < -0.4 is 0 Å². The smallest absolute Gasteiger partial charge is 0.192 e. The maximum absolute atomic E-state index is 6.44. The second kappa shape index (κ2) is 7.95. The Morgan fingerprint density at radius 2 is 1.82 bits per heavy atom. The predicted octanol–water partition coefficient (Wildman–Crippen LogP) is 5.91. The lowest BCUT2D eigenvalue weighted by Crippen LogP contribution is -2.43. The molecule has 17 heavy (non-hydrogen) atoms. The minimum atomic E-state index is -1.62. The van der Waals surface area contributed by atoms with Crippen molar-refractivity contribution in [1.29, 1.82) is 0 Å². The highest BCUT2D eigenvalue weighted by Crippen LogP contribution is 2.38. The Kier molecular flexibility index (Phi) is 8.25. The van der Waals surface area contributed by atoms with Crippen molar-refractivity contribution >= 4 is 30.9 Å². The standard InChI is InChI=1S/C14H29IOSi/c1-7-8-9-10-13(11-12-15)16-17(5,6)14(2,3)4/h11-13H,7-10H2,1-6H3/b12-11+. The molecule has 0 aromatic carbocycles. The van der Waals surface area contributed by atoms with Crippen molar-refractivity contribution in [3.8, 4) is 0 Å². The lowest BCUT2D eigenvalue weighted by Gasteiger charge is -2.38. The van der Waals surface area contributed by atoms with Crippen molar-refractivity contribution in [2.75, 3.05) is 0 Å². The molecular weight excluding hydrogens is 339 g/mol. The third kappa shape index (κ3) is 6.96. The van der Waals surface area contributed by atoms with Crippen LogP contribution in [0.5, 0.6) is 0 Å². The Hall–Kier alpha value is 0.647. The van der Waals surface area contributed by atoms with E-state index in [-0.39, 0.29) is 0 Å². The van der Waals surface area contributed by atoms with E-state index in [0.29, 0.717) is 11.1 Å². The zero-order chi connectivity index (χ0) is 13.5. The third-order valence-electron chi connectivity index (χ3n) is 3.63. The Labute approximate surface area is 123 Å². The molecule has 3 heteroatoms. The van der Waals surface area contributed by atoms with Gasteiger partial charge in [-0.15, -0.1) is 0 Å². The molecule has 0 aromatic rings. The largest absolute Gasteiger partial charge is 0.411 e. The van der Waals surface area contributed by atoms with Crippen LogP contribution in [0.1, 0.15) is 53.4 Å². The molecule has 0 aromatic heterocycles. The van der Waals surface area contributed by atoms with Gasteiger partial charge < -0.3 is 4.43 Å². The summed E-state index contributed by atoms with van der Waals surface area (Å²) in [6, 6.07) is 0. The molecule has 0 fully saturated rings. The molecule has 0 spiro atoms. The van der Waals surface area contributed by atoms with E-state index >= 15 is 0 Å². The van der Waals surface area contributed by atoms with Crippen LogP contribution in [0.4, 0.5) is 0 Å². The number of hydrogen-bond donors (Lipinski definition) is 0. The highest BCUT2D eigenvalue weighted by atomic mass is 127. The van der Waals surface area contributed by atoms with Gasteiger partial charge in [0.1, 0.15) is 0 Å². The van der Waals surface area contributed by atoms with Crippen LogP contribution in [0.2, 0.25) is 18.1 Å². The highest BCUT2D eigenvalue weighted by Gasteiger charge is 2.38. The summed E-state index contributed by atoms with van der Waals surface area (Å²) in [6.45, 7) is 13.8. The summed E-state index contributed by atoms with van der Waals surface area (Å²) < 4.78 is 8.54. The molecule has 1 nitrogen and oxygen atoms in total. The fourth-order valence-corrected chi connectivity index (χ4v) is 3.20. The molecule has 1 atom stereocenters. The number of halogens is 1. The van der Waals surface area contributed by atoms with E-state index < -0.39 is 8.32 Å². The van der Waals surface area contributed by atoms with Gasteiger partial charge in [-0.05, 0) is 28.6 Å². The molecule has 0 N–H and O–H groups in total. The number of unbranched alkanes of at least 4 members (excludes halogenated alkanes) is 2. The second-order valence-electron chi connectivity index (χ2n) is 6.23. The first kappa shape index (κ1) is 17.6. The van der Waals surface area contributed by atoms with E-state index in [1.165, 1.54) is 25.7 Å². The summed E-state index contributed by atoms with van der Waals surface area (Å²) in [6.07, 6.45) is 7.57. The Morgan fingerprint density at radius 3 is 2.24 bits per heavy atom. The average Bonchev–Trinajstić information content (AvgIpc) is 2.16. The summed E-state index contributed by atoms with van der Waals surface area (Å²) in [7, 11) is -1.62. The third-order valence-corrected chi connectivity index (χ3v) is 8.55. The molecule has 0 saturated carbocycles. The molecule has 0 bridgehead atoms. The van der Waals surface area contributed by atoms with E-state index in [1.807, 2.05) is 0 Å². The Balaban J connectivity index is 4.43. The monoisotopic (exact) mass is 368 g/mol. The topological polar surface area (TPSA) is 9.23 Å². The summed E-state index contributed by atoms with van der Waals surface area (Å²) >= 11 is 2.29. The van der Waals surface area contributed by atoms with Crippen molar-refractivity contribution in [2.45, 2.75) is 77.6 Å². The molecular formula is C14H29IOSi. The minimum absolute atomic E-state index is 0.301. The van der Waals surface area contributed by atoms with Gasteiger partial charge in [-0.2, -0.15) is 0 Å². The summed E-state index contributed by atoms with van der Waals surface area (Å²) in [5.41, 5.74) is 0. The van der Waals surface area contributed by atoms with Crippen LogP contribution in [0.25, 0.3) is 0 Å². The quantitative estimate of drug-likeness (QED) is 0.309. The van der Waals surface area contributed by atoms with E-state index in [0.717, 1.165) is 0 Å². The van der Waals surface area contributed by atoms with Gasteiger partial charge in [0.05, 0.1) is 6.10 Å². The summed E-state index contributed by atoms with van der Waals surface area (Å²) in [4.78, 5) is 0. The highest BCUT2D eigenvalue weighted by molar-refractivity contribution is 14.1. The zero-order valence-corrected chi connectivity index (χ0v) is 15.5. The fraction of sp³-hybridized carbons (Fsp3) is 0.857. The van der Waals surface area contributed by atoms with Crippen molar-refractivity contribution in [3.63, 3.8) is 0 Å². The van der Waals surface area contributed by atoms with Crippen LogP contribution in [0, 0.1) is 0 Å². The molecule has 0 aliphatic rings. The van der Waals surface area contributed by atoms with Gasteiger partial charge in [0.25, 0.3) is 0 Å². The molecule has 0 rings (SSSR count). The van der Waals surface area contributed by atoms with Crippen LogP contribution in [0.3, 0.4) is 0 Å². The summed E-state index contributed by atoms with van der Waals surface area (Å²) in [5, 5.41) is 0.301. The first-order valence-corrected chi connectivity index (χ1v) is 10.8. The van der Waals surface area contributed by atoms with Gasteiger partial charge in [0.2, 0.25) is 0 Å². The second-order valence-corrected chi connectivity index (χ2v) is 11.7. The molecule has 0 radical (unpaired) electrons. The fourth-order valence-electron chi connectivity index (χ4n) is 1.43. The Morgan fingerprint density at radius 1 is 1.24 bits per heavy atom. The van der Waals surface area contributed by atoms with Crippen molar-refractivity contribution in [3.05, 3.63) is 10.2 Å². The average molecular weight is 368 g/mol. The van der Waals surface area contributed by atoms with Crippen LogP contribution in [-0.2, 0) is 4.43 Å². The number of hydrogen-bond acceptors (Lipinski definition) is 1. The van der Waals surface area contributed by atoms with Crippen LogP contribution in [-0.4, -0.2) is 14.4 Å². The van der Waals surface area contributed by atoms with Crippen LogP contribution in [0.15, 0.2) is 10.2 Å². The van der Waals surface area contributed by atoms with Gasteiger partial charge in [0, 0.05) is 0 Å². The van der Waals surface area contributed by atoms with Crippen molar-refractivity contribution in [1.82, 2.24) is 0 Å². The lowest BCUT2D eigenvalue weighted by atomic mass is 10.1. The van der Waals surface area contributed by atoms with Gasteiger partial charge in [-0.3, -0.25) is 0 Å². The molecule has 0 aliphatic carbocycles. The Bertz CT molecular complexity index is 231. The van der Waals surface area contributed by atoms with Gasteiger partial charge in [-0.1, -0.05) is 75.6 Å². The SMILES string of the molecule is CCCCCC(/C=C/I)O[Si](C)(C)C(C)(C)C. The lowest BCUT2D eigenvalue weighted by molar-refractivity contribution is 0.211. The first-order valence-electron chi connectivity index (χ1n) is 6.69. The van der Waals surface area contributed by atoms with E-state index in [2.05, 4.69) is 73.5 Å². The predicted molar refractivity (Wildman–Crippen MR) is 89.4 cm³/mol. The van der Waals surface area contributed by atoms with Crippen molar-refractivity contribution < 1.29 is 4.43 Å². The van der Waals surface area contributed by atoms with E-state index in [4.69, 9.17) is 4.43 Å². The normalized spacial score (nSPS) is 15.5. The van der Waals surface area contributed by atoms with Gasteiger partial charge in [-0.25, -0.2) is 0 Å². The summed E-state index contributed by atoms with van der Waals surface area (Å²) in [5.74, 6) is 0. The van der Waals surface area contributed by atoms with E-state index in [9.17, 15) is 0 Å². The van der Waals surface area contributed by atoms with Gasteiger partial charge in [0.15, 0.2) is 8.32 Å². The zero-order valence-electron chi connectivity index (χ0n) is 12.3. The van der Waals surface area contributed by atoms with Crippen molar-refractivity contribution in [2.24, 2.45) is 0 Å². The molecule has 0 aliphatic heterocycles. The molecule has 0 amide bonds. The molecule has 0 heterocycles. The molecule has 0 saturated heterocycles.